The Morgan fingerprint density at radius 2 is 1.90 bits per heavy atom. The number of ether oxygens (including phenoxy) is 1. The fourth-order valence-corrected chi connectivity index (χ4v) is 3.61. The molecule has 0 radical (unpaired) electrons. The average molecular weight is 433 g/mol. The zero-order chi connectivity index (χ0) is 21.9. The molecule has 1 aromatic carbocycles. The molecule has 0 bridgehead atoms. The number of hydrogen-bond acceptors (Lipinski definition) is 5. The van der Waals surface area contributed by atoms with Crippen LogP contribution in [-0.4, -0.2) is 41.5 Å². The summed E-state index contributed by atoms with van der Waals surface area (Å²) in [4.78, 5) is 31.1. The maximum atomic E-state index is 12.8. The molecule has 7 nitrogen and oxygen atoms in total. The van der Waals surface area contributed by atoms with Crippen LogP contribution in [0.2, 0.25) is 0 Å². The minimum atomic E-state index is -0.215. The zero-order valence-electron chi connectivity index (χ0n) is 18.2. The molecule has 3 amide bonds. The Hall–Kier alpha value is -2.61. The van der Waals surface area contributed by atoms with Gasteiger partial charge in [-0.1, -0.05) is 26.2 Å². The van der Waals surface area contributed by atoms with Crippen molar-refractivity contribution in [3.8, 4) is 5.75 Å². The third-order valence-electron chi connectivity index (χ3n) is 4.63. The molecule has 164 valence electrons. The first-order valence-electron chi connectivity index (χ1n) is 10.4. The van der Waals surface area contributed by atoms with E-state index in [0.29, 0.717) is 24.5 Å². The molecule has 0 aliphatic carbocycles. The van der Waals surface area contributed by atoms with E-state index in [4.69, 9.17) is 4.74 Å². The van der Waals surface area contributed by atoms with Gasteiger partial charge < -0.3 is 20.3 Å². The molecule has 30 heavy (non-hydrogen) atoms. The molecule has 2 rings (SSSR count). The number of urea groups is 1. The molecule has 0 atom stereocenters. The summed E-state index contributed by atoms with van der Waals surface area (Å²) in [5.41, 5.74) is 1.10. The number of rotatable bonds is 11. The van der Waals surface area contributed by atoms with Gasteiger partial charge in [0.1, 0.15) is 16.5 Å². The highest BCUT2D eigenvalue weighted by molar-refractivity contribution is 7.09. The number of thiazole rings is 1. The molecule has 0 fully saturated rings. The van der Waals surface area contributed by atoms with Crippen molar-refractivity contribution in [3.05, 3.63) is 40.3 Å². The van der Waals surface area contributed by atoms with Crippen LogP contribution in [0.25, 0.3) is 0 Å². The van der Waals surface area contributed by atoms with Gasteiger partial charge in [-0.3, -0.25) is 4.79 Å². The van der Waals surface area contributed by atoms with Gasteiger partial charge in [-0.05, 0) is 44.5 Å². The van der Waals surface area contributed by atoms with E-state index in [0.717, 1.165) is 23.6 Å². The van der Waals surface area contributed by atoms with E-state index in [-0.39, 0.29) is 18.0 Å². The van der Waals surface area contributed by atoms with E-state index >= 15 is 0 Å². The SMILES string of the molecule is CCCCCCNC(=O)c1csc(CN(C(=O)Nc2ccc(OC)cc2)C(C)C)n1. The standard InChI is InChI=1S/C22H32N4O3S/c1-5-6-7-8-13-23-21(27)19-15-30-20(25-19)14-26(16(2)3)22(28)24-17-9-11-18(29-4)12-10-17/h9-12,15-16H,5-8,13-14H2,1-4H3,(H,23,27)(H,24,28). The van der Waals surface area contributed by atoms with Crippen molar-refractivity contribution >= 4 is 29.0 Å². The monoisotopic (exact) mass is 432 g/mol. The number of carbonyl (C=O) groups is 2. The van der Waals surface area contributed by atoms with Gasteiger partial charge in [0.2, 0.25) is 0 Å². The van der Waals surface area contributed by atoms with Gasteiger partial charge in [0.05, 0.1) is 13.7 Å². The number of methoxy groups -OCH3 is 1. The van der Waals surface area contributed by atoms with E-state index in [1.165, 1.54) is 24.2 Å². The van der Waals surface area contributed by atoms with Gasteiger partial charge in [-0.15, -0.1) is 11.3 Å². The summed E-state index contributed by atoms with van der Waals surface area (Å²) in [6.07, 6.45) is 4.44. The van der Waals surface area contributed by atoms with Gasteiger partial charge in [0.25, 0.3) is 5.91 Å². The molecular weight excluding hydrogens is 400 g/mol. The minimum Gasteiger partial charge on any atom is -0.497 e. The number of nitrogens with one attached hydrogen (secondary N) is 2. The highest BCUT2D eigenvalue weighted by atomic mass is 32.1. The number of amides is 3. The van der Waals surface area contributed by atoms with Crippen LogP contribution >= 0.6 is 11.3 Å². The summed E-state index contributed by atoms with van der Waals surface area (Å²) >= 11 is 1.39. The third kappa shape index (κ3) is 7.33. The Morgan fingerprint density at radius 1 is 1.17 bits per heavy atom. The van der Waals surface area contributed by atoms with Crippen molar-refractivity contribution in [2.45, 2.75) is 59.0 Å². The molecule has 0 aliphatic heterocycles. The maximum Gasteiger partial charge on any atom is 0.322 e. The summed E-state index contributed by atoms with van der Waals surface area (Å²) in [5.74, 6) is 0.570. The normalized spacial score (nSPS) is 10.7. The second kappa shape index (κ2) is 12.2. The van der Waals surface area contributed by atoms with Crippen molar-refractivity contribution in [1.82, 2.24) is 15.2 Å². The Labute approximate surface area is 182 Å². The van der Waals surface area contributed by atoms with Gasteiger partial charge in [0, 0.05) is 23.7 Å². The van der Waals surface area contributed by atoms with E-state index in [9.17, 15) is 9.59 Å². The zero-order valence-corrected chi connectivity index (χ0v) is 19.1. The largest absolute Gasteiger partial charge is 0.497 e. The fraction of sp³-hybridized carbons (Fsp3) is 0.500. The molecule has 1 aromatic heterocycles. The third-order valence-corrected chi connectivity index (χ3v) is 5.46. The highest BCUT2D eigenvalue weighted by Crippen LogP contribution is 2.18. The second-order valence-electron chi connectivity index (χ2n) is 7.32. The van der Waals surface area contributed by atoms with E-state index < -0.39 is 0 Å². The molecule has 2 aromatic rings. The topological polar surface area (TPSA) is 83.6 Å². The number of benzene rings is 1. The fourth-order valence-electron chi connectivity index (χ4n) is 2.84. The Bertz CT molecular complexity index is 805. The minimum absolute atomic E-state index is 0.0250. The number of hydrogen-bond donors (Lipinski definition) is 2. The Morgan fingerprint density at radius 3 is 2.53 bits per heavy atom. The number of anilines is 1. The van der Waals surface area contributed by atoms with E-state index in [1.54, 1.807) is 41.7 Å². The molecule has 0 spiro atoms. The lowest BCUT2D eigenvalue weighted by molar-refractivity contribution is 0.0948. The van der Waals surface area contributed by atoms with Crippen molar-refractivity contribution in [2.24, 2.45) is 0 Å². The molecule has 0 unspecified atom stereocenters. The highest BCUT2D eigenvalue weighted by Gasteiger charge is 2.20. The Balaban J connectivity index is 1.92. The van der Waals surface area contributed by atoms with E-state index in [2.05, 4.69) is 22.5 Å². The summed E-state index contributed by atoms with van der Waals surface area (Å²) in [6.45, 7) is 7.06. The van der Waals surface area contributed by atoms with Crippen LogP contribution in [0.4, 0.5) is 10.5 Å². The van der Waals surface area contributed by atoms with E-state index in [1.807, 2.05) is 13.8 Å². The van der Waals surface area contributed by atoms with Gasteiger partial charge in [0.15, 0.2) is 0 Å². The van der Waals surface area contributed by atoms with Crippen molar-refractivity contribution < 1.29 is 14.3 Å². The van der Waals surface area contributed by atoms with Crippen LogP contribution < -0.4 is 15.4 Å². The molecular formula is C22H32N4O3S. The quantitative estimate of drug-likeness (QED) is 0.495. The van der Waals surface area contributed by atoms with Crippen molar-refractivity contribution in [1.29, 1.82) is 0 Å². The lowest BCUT2D eigenvalue weighted by atomic mass is 10.2. The maximum absolute atomic E-state index is 12.8. The number of unbranched alkanes of at least 4 members (excludes halogenated alkanes) is 3. The summed E-state index contributed by atoms with van der Waals surface area (Å²) in [7, 11) is 1.60. The number of aromatic nitrogens is 1. The molecule has 2 N–H and O–H groups in total. The van der Waals surface area contributed by atoms with Crippen LogP contribution in [-0.2, 0) is 6.54 Å². The predicted octanol–water partition coefficient (Wildman–Crippen LogP) is 4.90. The van der Waals surface area contributed by atoms with Crippen LogP contribution in [0.1, 0.15) is 62.0 Å². The first-order chi connectivity index (χ1) is 14.4. The molecule has 0 saturated carbocycles. The van der Waals surface area contributed by atoms with Gasteiger partial charge >= 0.3 is 6.03 Å². The molecule has 0 saturated heterocycles. The lowest BCUT2D eigenvalue weighted by Gasteiger charge is -2.26. The first-order valence-corrected chi connectivity index (χ1v) is 11.3. The van der Waals surface area contributed by atoms with Crippen molar-refractivity contribution in [3.63, 3.8) is 0 Å². The summed E-state index contributed by atoms with van der Waals surface area (Å²) in [6, 6.07) is 6.94. The summed E-state index contributed by atoms with van der Waals surface area (Å²) in [5, 5.41) is 8.29. The van der Waals surface area contributed by atoms with Gasteiger partial charge in [-0.2, -0.15) is 0 Å². The average Bonchev–Trinajstić information content (AvgIpc) is 3.21. The van der Waals surface area contributed by atoms with Crippen LogP contribution in [0, 0.1) is 0 Å². The molecule has 8 heteroatoms. The second-order valence-corrected chi connectivity index (χ2v) is 8.27. The predicted molar refractivity (Wildman–Crippen MR) is 121 cm³/mol. The molecule has 0 aliphatic rings. The van der Waals surface area contributed by atoms with Crippen LogP contribution in [0.15, 0.2) is 29.6 Å². The summed E-state index contributed by atoms with van der Waals surface area (Å²) < 4.78 is 5.14. The smallest absolute Gasteiger partial charge is 0.322 e. The van der Waals surface area contributed by atoms with Crippen molar-refractivity contribution in [2.75, 3.05) is 19.0 Å². The number of nitrogens with zero attached hydrogens (tertiary/aromatic N) is 2. The first kappa shape index (κ1) is 23.7. The molecule has 1 heterocycles. The lowest BCUT2D eigenvalue weighted by Crippen LogP contribution is -2.39. The Kier molecular flexibility index (Phi) is 9.60. The number of carbonyl (C=O) groups excluding carboxylic acids is 2. The van der Waals surface area contributed by atoms with Gasteiger partial charge in [-0.25, -0.2) is 9.78 Å². The van der Waals surface area contributed by atoms with Crippen LogP contribution in [0.5, 0.6) is 5.75 Å². The van der Waals surface area contributed by atoms with Crippen LogP contribution in [0.3, 0.4) is 0 Å².